The largest absolute Gasteiger partial charge is 0.480 e. The highest BCUT2D eigenvalue weighted by Gasteiger charge is 2.30. The number of rotatable bonds is 5. The highest BCUT2D eigenvalue weighted by atomic mass is 16.5. The minimum absolute atomic E-state index is 0.131. The molecule has 0 bridgehead atoms. The number of benzene rings is 1. The number of ether oxygens (including phenoxy) is 1. The van der Waals surface area contributed by atoms with Crippen molar-refractivity contribution < 1.29 is 19.4 Å². The maximum absolute atomic E-state index is 13.1. The smallest absolute Gasteiger partial charge is 0.323 e. The van der Waals surface area contributed by atoms with Crippen molar-refractivity contribution in [1.29, 1.82) is 0 Å². The number of carboxylic acid groups (broad SMARTS) is 1. The summed E-state index contributed by atoms with van der Waals surface area (Å²) in [6.07, 6.45) is 2.81. The van der Waals surface area contributed by atoms with Crippen molar-refractivity contribution in [3.05, 3.63) is 47.3 Å². The van der Waals surface area contributed by atoms with Crippen LogP contribution in [0, 0.1) is 13.8 Å². The van der Waals surface area contributed by atoms with E-state index in [4.69, 9.17) is 4.74 Å². The molecule has 1 aromatic carbocycles. The first kappa shape index (κ1) is 18.1. The van der Waals surface area contributed by atoms with E-state index < -0.39 is 5.97 Å². The predicted molar refractivity (Wildman–Crippen MR) is 95.6 cm³/mol. The number of hydrogen-bond donors (Lipinski definition) is 1. The molecule has 26 heavy (non-hydrogen) atoms. The van der Waals surface area contributed by atoms with Gasteiger partial charge in [-0.05, 0) is 38.3 Å². The lowest BCUT2D eigenvalue weighted by molar-refractivity contribution is -0.138. The molecule has 0 unspecified atom stereocenters. The van der Waals surface area contributed by atoms with Crippen molar-refractivity contribution in [2.45, 2.75) is 32.7 Å². The number of carbonyl (C=O) groups is 2. The van der Waals surface area contributed by atoms with Crippen molar-refractivity contribution in [2.24, 2.45) is 0 Å². The normalized spacial score (nSPS) is 15.0. The number of amides is 1. The molecule has 0 spiro atoms. The summed E-state index contributed by atoms with van der Waals surface area (Å²) in [6, 6.07) is 7.66. The molecule has 7 heteroatoms. The Morgan fingerprint density at radius 2 is 1.96 bits per heavy atom. The molecule has 0 radical (unpaired) electrons. The van der Waals surface area contributed by atoms with Gasteiger partial charge in [0.05, 0.1) is 23.1 Å². The van der Waals surface area contributed by atoms with E-state index in [1.165, 1.54) is 11.1 Å². The molecule has 2 heterocycles. The van der Waals surface area contributed by atoms with Crippen molar-refractivity contribution in [3.63, 3.8) is 0 Å². The molecule has 1 amide bonds. The number of para-hydroxylation sites is 1. The Labute approximate surface area is 152 Å². The summed E-state index contributed by atoms with van der Waals surface area (Å²) in [4.78, 5) is 25.8. The maximum Gasteiger partial charge on any atom is 0.323 e. The number of nitrogens with zero attached hydrogens (tertiary/aromatic N) is 3. The Hall–Kier alpha value is -2.67. The van der Waals surface area contributed by atoms with Crippen LogP contribution in [-0.4, -0.2) is 57.5 Å². The maximum atomic E-state index is 13.1. The van der Waals surface area contributed by atoms with E-state index in [0.29, 0.717) is 37.3 Å². The van der Waals surface area contributed by atoms with Gasteiger partial charge in [-0.3, -0.25) is 9.59 Å². The summed E-state index contributed by atoms with van der Waals surface area (Å²) in [5, 5.41) is 13.6. The number of carboxylic acids is 1. The lowest BCUT2D eigenvalue weighted by Gasteiger charge is -2.33. The van der Waals surface area contributed by atoms with Crippen LogP contribution in [0.25, 0.3) is 5.69 Å². The third kappa shape index (κ3) is 3.62. The zero-order chi connectivity index (χ0) is 18.7. The Bertz CT molecular complexity index is 809. The zero-order valence-corrected chi connectivity index (χ0v) is 15.0. The molecule has 0 aliphatic carbocycles. The van der Waals surface area contributed by atoms with Crippen molar-refractivity contribution in [1.82, 2.24) is 14.7 Å². The molecule has 0 saturated carbocycles. The van der Waals surface area contributed by atoms with Crippen LogP contribution in [0.4, 0.5) is 0 Å². The third-order valence-corrected chi connectivity index (χ3v) is 4.78. The van der Waals surface area contributed by atoms with Crippen LogP contribution in [-0.2, 0) is 9.53 Å². The quantitative estimate of drug-likeness (QED) is 0.887. The van der Waals surface area contributed by atoms with E-state index >= 15 is 0 Å². The molecule has 1 N–H and O–H groups in total. The van der Waals surface area contributed by atoms with E-state index in [1.807, 2.05) is 38.1 Å². The van der Waals surface area contributed by atoms with Crippen LogP contribution < -0.4 is 0 Å². The molecule has 3 rings (SSSR count). The number of aryl methyl sites for hydroxylation is 1. The summed E-state index contributed by atoms with van der Waals surface area (Å²) < 4.78 is 7.06. The van der Waals surface area contributed by atoms with Gasteiger partial charge in [0, 0.05) is 19.3 Å². The average molecular weight is 357 g/mol. The molecule has 1 aliphatic rings. The average Bonchev–Trinajstić information content (AvgIpc) is 3.01. The van der Waals surface area contributed by atoms with Gasteiger partial charge in [0.25, 0.3) is 5.91 Å². The van der Waals surface area contributed by atoms with Gasteiger partial charge in [0.2, 0.25) is 0 Å². The van der Waals surface area contributed by atoms with Crippen LogP contribution in [0.1, 0.15) is 34.5 Å². The lowest BCUT2D eigenvalue weighted by Crippen LogP contribution is -2.46. The molecule has 1 aromatic heterocycles. The minimum atomic E-state index is -1.02. The zero-order valence-electron chi connectivity index (χ0n) is 15.0. The molecule has 7 nitrogen and oxygen atoms in total. The molecular formula is C19H23N3O4. The highest BCUT2D eigenvalue weighted by molar-refractivity contribution is 5.97. The Morgan fingerprint density at radius 1 is 1.27 bits per heavy atom. The second-order valence-electron chi connectivity index (χ2n) is 6.51. The second kappa shape index (κ2) is 7.70. The standard InChI is InChI=1S/C19H23N3O4/c1-13-5-3-4-6-17(13)22-14(2)16(11-20-22)19(25)21(12-18(23)24)15-7-9-26-10-8-15/h3-6,11,15H,7-10,12H2,1-2H3,(H,23,24). The van der Waals surface area contributed by atoms with Crippen molar-refractivity contribution in [3.8, 4) is 5.69 Å². The van der Waals surface area contributed by atoms with E-state index in [2.05, 4.69) is 5.10 Å². The number of hydrogen-bond acceptors (Lipinski definition) is 4. The first-order chi connectivity index (χ1) is 12.5. The van der Waals surface area contributed by atoms with E-state index in [-0.39, 0.29) is 18.5 Å². The molecule has 138 valence electrons. The molecule has 1 fully saturated rings. The van der Waals surface area contributed by atoms with E-state index in [9.17, 15) is 14.7 Å². The van der Waals surface area contributed by atoms with Crippen molar-refractivity contribution in [2.75, 3.05) is 19.8 Å². The summed E-state index contributed by atoms with van der Waals surface area (Å²) >= 11 is 0. The molecule has 1 aliphatic heterocycles. The Balaban J connectivity index is 1.92. The molecule has 2 aromatic rings. The van der Waals surface area contributed by atoms with Gasteiger partial charge >= 0.3 is 5.97 Å². The SMILES string of the molecule is Cc1ccccc1-n1ncc(C(=O)N(CC(=O)O)C2CCOCC2)c1C. The summed E-state index contributed by atoms with van der Waals surface area (Å²) in [6.45, 7) is 4.57. The summed E-state index contributed by atoms with van der Waals surface area (Å²) in [5.74, 6) is -1.31. The first-order valence-corrected chi connectivity index (χ1v) is 8.70. The summed E-state index contributed by atoms with van der Waals surface area (Å²) in [7, 11) is 0. The number of carbonyl (C=O) groups excluding carboxylic acids is 1. The first-order valence-electron chi connectivity index (χ1n) is 8.70. The number of aliphatic carboxylic acids is 1. The Morgan fingerprint density at radius 3 is 2.62 bits per heavy atom. The molecular weight excluding hydrogens is 334 g/mol. The van der Waals surface area contributed by atoms with Gasteiger partial charge in [-0.1, -0.05) is 18.2 Å². The van der Waals surface area contributed by atoms with Crippen LogP contribution in [0.5, 0.6) is 0 Å². The number of aromatic nitrogens is 2. The van der Waals surface area contributed by atoms with Gasteiger partial charge in [-0.2, -0.15) is 5.10 Å². The minimum Gasteiger partial charge on any atom is -0.480 e. The van der Waals surface area contributed by atoms with Crippen LogP contribution in [0.2, 0.25) is 0 Å². The van der Waals surface area contributed by atoms with Gasteiger partial charge in [0.15, 0.2) is 0 Å². The molecule has 1 saturated heterocycles. The fraction of sp³-hybridized carbons (Fsp3) is 0.421. The third-order valence-electron chi connectivity index (χ3n) is 4.78. The monoisotopic (exact) mass is 357 g/mol. The topological polar surface area (TPSA) is 84.7 Å². The van der Waals surface area contributed by atoms with Crippen LogP contribution in [0.3, 0.4) is 0 Å². The van der Waals surface area contributed by atoms with Crippen LogP contribution >= 0.6 is 0 Å². The second-order valence-corrected chi connectivity index (χ2v) is 6.51. The van der Waals surface area contributed by atoms with Crippen LogP contribution in [0.15, 0.2) is 30.5 Å². The fourth-order valence-corrected chi connectivity index (χ4v) is 3.33. The lowest BCUT2D eigenvalue weighted by atomic mass is 10.1. The Kier molecular flexibility index (Phi) is 5.37. The van der Waals surface area contributed by atoms with E-state index in [1.54, 1.807) is 4.68 Å². The fourth-order valence-electron chi connectivity index (χ4n) is 3.33. The van der Waals surface area contributed by atoms with Gasteiger partial charge < -0.3 is 14.7 Å². The van der Waals surface area contributed by atoms with Gasteiger partial charge in [-0.15, -0.1) is 0 Å². The van der Waals surface area contributed by atoms with Crippen molar-refractivity contribution >= 4 is 11.9 Å². The molecule has 0 atom stereocenters. The summed E-state index contributed by atoms with van der Waals surface area (Å²) in [5.41, 5.74) is 3.08. The van der Waals surface area contributed by atoms with E-state index in [0.717, 1.165) is 11.3 Å². The van der Waals surface area contributed by atoms with Gasteiger partial charge in [-0.25, -0.2) is 4.68 Å². The predicted octanol–water partition coefficient (Wildman–Crippen LogP) is 2.19. The highest BCUT2D eigenvalue weighted by Crippen LogP contribution is 2.22. The van der Waals surface area contributed by atoms with Gasteiger partial charge in [0.1, 0.15) is 6.54 Å².